The fourth-order valence-corrected chi connectivity index (χ4v) is 2.74. The molecule has 94 valence electrons. The average Bonchev–Trinajstić information content (AvgIpc) is 2.28. The van der Waals surface area contributed by atoms with Crippen molar-refractivity contribution >= 4 is 29.0 Å². The number of halogens is 2. The van der Waals surface area contributed by atoms with Crippen molar-refractivity contribution in [3.8, 4) is 0 Å². The van der Waals surface area contributed by atoms with Gasteiger partial charge in [-0.2, -0.15) is 0 Å². The Morgan fingerprint density at radius 3 is 2.35 bits per heavy atom. The second-order valence-corrected chi connectivity index (χ2v) is 4.98. The zero-order chi connectivity index (χ0) is 12.1. The van der Waals surface area contributed by atoms with Crippen LogP contribution in [0.25, 0.3) is 0 Å². The molecule has 0 N–H and O–H groups in total. The minimum absolute atomic E-state index is 0.367. The first-order chi connectivity index (χ1) is 8.33. The lowest BCUT2D eigenvalue weighted by Crippen LogP contribution is -2.29. The van der Waals surface area contributed by atoms with Crippen molar-refractivity contribution in [3.05, 3.63) is 17.0 Å². The minimum Gasteiger partial charge on any atom is -0.356 e. The topological polar surface area (TPSA) is 29.0 Å². The first-order valence-electron chi connectivity index (χ1n) is 6.13. The minimum atomic E-state index is 0.367. The van der Waals surface area contributed by atoms with Crippen molar-refractivity contribution in [1.82, 2.24) is 9.97 Å². The Kier molecular flexibility index (Phi) is 4.86. The Morgan fingerprint density at radius 2 is 1.71 bits per heavy atom. The Balaban J connectivity index is 2.21. The predicted molar refractivity (Wildman–Crippen MR) is 71.9 cm³/mol. The zero-order valence-corrected chi connectivity index (χ0v) is 11.3. The highest BCUT2D eigenvalue weighted by Crippen LogP contribution is 2.26. The molecule has 1 aliphatic rings. The van der Waals surface area contributed by atoms with Crippen LogP contribution in [-0.4, -0.2) is 23.1 Å². The molecule has 2 heterocycles. The molecule has 2 rings (SSSR count). The normalized spacial score (nSPS) is 17.6. The zero-order valence-electron chi connectivity index (χ0n) is 9.83. The van der Waals surface area contributed by atoms with Crippen LogP contribution in [0.2, 0.25) is 5.15 Å². The van der Waals surface area contributed by atoms with E-state index in [0.717, 1.165) is 24.5 Å². The summed E-state index contributed by atoms with van der Waals surface area (Å²) in [5, 5.41) is 0.479. The smallest absolute Gasteiger partial charge is 0.138 e. The fourth-order valence-electron chi connectivity index (χ4n) is 2.23. The van der Waals surface area contributed by atoms with Gasteiger partial charge in [0, 0.05) is 18.7 Å². The summed E-state index contributed by atoms with van der Waals surface area (Å²) in [6.07, 6.45) is 7.89. The average molecular weight is 274 g/mol. The third-order valence-electron chi connectivity index (χ3n) is 3.16. The van der Waals surface area contributed by atoms with Crippen LogP contribution in [0.1, 0.15) is 37.7 Å². The van der Waals surface area contributed by atoms with E-state index in [1.807, 2.05) is 0 Å². The van der Waals surface area contributed by atoms with E-state index < -0.39 is 0 Å². The molecule has 5 heteroatoms. The second kappa shape index (κ2) is 6.41. The lowest BCUT2D eigenvalue weighted by molar-refractivity contribution is 0.553. The molecular weight excluding hydrogens is 257 g/mol. The van der Waals surface area contributed by atoms with Gasteiger partial charge < -0.3 is 4.90 Å². The molecule has 0 unspecified atom stereocenters. The van der Waals surface area contributed by atoms with E-state index in [0.29, 0.717) is 11.0 Å². The van der Waals surface area contributed by atoms with Gasteiger partial charge >= 0.3 is 0 Å². The molecule has 0 spiro atoms. The molecule has 1 aliphatic heterocycles. The number of rotatable bonds is 2. The van der Waals surface area contributed by atoms with Gasteiger partial charge in [0.1, 0.15) is 17.3 Å². The van der Waals surface area contributed by atoms with E-state index in [1.165, 1.54) is 38.4 Å². The van der Waals surface area contributed by atoms with Crippen LogP contribution < -0.4 is 4.90 Å². The molecule has 0 aliphatic carbocycles. The summed E-state index contributed by atoms with van der Waals surface area (Å²) in [5.74, 6) is 1.28. The third kappa shape index (κ3) is 3.23. The van der Waals surface area contributed by atoms with E-state index in [4.69, 9.17) is 23.2 Å². The van der Waals surface area contributed by atoms with Crippen LogP contribution in [0.15, 0.2) is 6.33 Å². The van der Waals surface area contributed by atoms with E-state index in [-0.39, 0.29) is 0 Å². The lowest BCUT2D eigenvalue weighted by Gasteiger charge is -2.27. The first-order valence-corrected chi connectivity index (χ1v) is 7.04. The van der Waals surface area contributed by atoms with E-state index in [2.05, 4.69) is 14.9 Å². The number of anilines is 1. The lowest BCUT2D eigenvalue weighted by atomic mass is 10.1. The molecular formula is C12H17Cl2N3. The van der Waals surface area contributed by atoms with Gasteiger partial charge in [-0.3, -0.25) is 0 Å². The molecule has 3 nitrogen and oxygen atoms in total. The SMILES string of the molecule is ClCc1c(Cl)ncnc1N1CCCCCCC1. The Morgan fingerprint density at radius 1 is 1.06 bits per heavy atom. The van der Waals surface area contributed by atoms with Crippen molar-refractivity contribution in [2.45, 2.75) is 38.0 Å². The predicted octanol–water partition coefficient (Wildman–Crippen LogP) is 3.64. The van der Waals surface area contributed by atoms with Crippen molar-refractivity contribution in [1.29, 1.82) is 0 Å². The van der Waals surface area contributed by atoms with Gasteiger partial charge in [0.2, 0.25) is 0 Å². The maximum absolute atomic E-state index is 6.06. The Bertz CT molecular complexity index is 363. The van der Waals surface area contributed by atoms with Crippen molar-refractivity contribution in [3.63, 3.8) is 0 Å². The van der Waals surface area contributed by atoms with Crippen LogP contribution in [-0.2, 0) is 5.88 Å². The maximum atomic E-state index is 6.06. The molecule has 0 radical (unpaired) electrons. The summed E-state index contributed by atoms with van der Waals surface area (Å²) in [6, 6.07) is 0. The Hall–Kier alpha value is -0.540. The summed E-state index contributed by atoms with van der Waals surface area (Å²) >= 11 is 12.0. The van der Waals surface area contributed by atoms with E-state index in [1.54, 1.807) is 0 Å². The monoisotopic (exact) mass is 273 g/mol. The Labute approximate surface area is 112 Å². The van der Waals surface area contributed by atoms with Gasteiger partial charge in [-0.05, 0) is 12.8 Å². The first kappa shape index (κ1) is 12.9. The van der Waals surface area contributed by atoms with Crippen LogP contribution >= 0.6 is 23.2 Å². The van der Waals surface area contributed by atoms with Gasteiger partial charge in [0.05, 0.1) is 5.88 Å². The highest BCUT2D eigenvalue weighted by molar-refractivity contribution is 6.31. The molecule has 1 aromatic rings. The van der Waals surface area contributed by atoms with Crippen LogP contribution in [0.4, 0.5) is 5.82 Å². The quantitative estimate of drug-likeness (QED) is 0.609. The summed E-state index contributed by atoms with van der Waals surface area (Å²) in [6.45, 7) is 2.08. The molecule has 1 fully saturated rings. The standard InChI is InChI=1S/C12H17Cl2N3/c13-8-10-11(14)15-9-16-12(10)17-6-4-2-1-3-5-7-17/h9H,1-8H2. The van der Waals surface area contributed by atoms with Gasteiger partial charge in [-0.15, -0.1) is 11.6 Å². The van der Waals surface area contributed by atoms with Crippen LogP contribution in [0.5, 0.6) is 0 Å². The van der Waals surface area contributed by atoms with Gasteiger partial charge in [0.15, 0.2) is 0 Å². The molecule has 0 aromatic carbocycles. The van der Waals surface area contributed by atoms with Crippen LogP contribution in [0.3, 0.4) is 0 Å². The molecule has 0 saturated carbocycles. The van der Waals surface area contributed by atoms with E-state index >= 15 is 0 Å². The molecule has 0 bridgehead atoms. The van der Waals surface area contributed by atoms with Crippen molar-refractivity contribution < 1.29 is 0 Å². The van der Waals surface area contributed by atoms with Crippen LogP contribution in [0, 0.1) is 0 Å². The third-order valence-corrected chi connectivity index (χ3v) is 3.75. The summed E-state index contributed by atoms with van der Waals surface area (Å²) in [7, 11) is 0. The molecule has 0 atom stereocenters. The maximum Gasteiger partial charge on any atom is 0.138 e. The number of hydrogen-bond acceptors (Lipinski definition) is 3. The molecule has 0 amide bonds. The molecule has 1 aromatic heterocycles. The largest absolute Gasteiger partial charge is 0.356 e. The fraction of sp³-hybridized carbons (Fsp3) is 0.667. The van der Waals surface area contributed by atoms with Crippen molar-refractivity contribution in [2.24, 2.45) is 0 Å². The highest BCUT2D eigenvalue weighted by Gasteiger charge is 2.16. The highest BCUT2D eigenvalue weighted by atomic mass is 35.5. The number of hydrogen-bond donors (Lipinski definition) is 0. The number of alkyl halides is 1. The van der Waals surface area contributed by atoms with E-state index in [9.17, 15) is 0 Å². The summed E-state index contributed by atoms with van der Waals surface area (Å²) in [5.41, 5.74) is 0.858. The van der Waals surface area contributed by atoms with Crippen molar-refractivity contribution in [2.75, 3.05) is 18.0 Å². The number of nitrogens with zero attached hydrogens (tertiary/aromatic N) is 3. The molecule has 1 saturated heterocycles. The number of aromatic nitrogens is 2. The summed E-state index contributed by atoms with van der Waals surface area (Å²) < 4.78 is 0. The molecule has 17 heavy (non-hydrogen) atoms. The second-order valence-electron chi connectivity index (χ2n) is 4.36. The summed E-state index contributed by atoms with van der Waals surface area (Å²) in [4.78, 5) is 10.6. The van der Waals surface area contributed by atoms with Gasteiger partial charge in [-0.25, -0.2) is 9.97 Å². The van der Waals surface area contributed by atoms with Gasteiger partial charge in [0.25, 0.3) is 0 Å². The van der Waals surface area contributed by atoms with Gasteiger partial charge in [-0.1, -0.05) is 30.9 Å².